The highest BCUT2D eigenvalue weighted by atomic mass is 16.4. The molecular weight excluding hydrogens is 378 g/mol. The summed E-state index contributed by atoms with van der Waals surface area (Å²) in [4.78, 5) is 43.2. The Morgan fingerprint density at radius 1 is 1.21 bits per heavy atom. The molecule has 0 aliphatic heterocycles. The molecule has 11 heteroatoms. The number of aromatic nitrogens is 4. The van der Waals surface area contributed by atoms with Gasteiger partial charge in [-0.15, -0.1) is 0 Å². The number of H-pyrrole nitrogens is 1. The molecule has 5 N–H and O–H groups in total. The maximum atomic E-state index is 12.5. The van der Waals surface area contributed by atoms with Crippen LogP contribution < -0.4 is 11.1 Å². The number of carbonyl (C=O) groups excluding carboxylic acids is 2. The van der Waals surface area contributed by atoms with Crippen LogP contribution in [0.25, 0.3) is 11.4 Å². The molecule has 0 saturated carbocycles. The molecule has 0 aliphatic carbocycles. The average Bonchev–Trinajstić information content (AvgIpc) is 3.11. The van der Waals surface area contributed by atoms with Crippen molar-refractivity contribution >= 4 is 23.5 Å². The lowest BCUT2D eigenvalue weighted by Crippen LogP contribution is -2.19. The number of Topliss-reactive ketones (excluding diaryl/α,β-unsaturated/α-hetero) is 1. The summed E-state index contributed by atoms with van der Waals surface area (Å²) in [5, 5.41) is 27.4. The van der Waals surface area contributed by atoms with Crippen molar-refractivity contribution < 1.29 is 19.5 Å². The van der Waals surface area contributed by atoms with E-state index in [1.807, 2.05) is 6.07 Å². The molecule has 0 radical (unpaired) electrons. The third-order valence-corrected chi connectivity index (χ3v) is 3.86. The predicted octanol–water partition coefficient (Wildman–Crippen LogP) is 1.35. The number of ketones is 1. The number of urea groups is 1. The summed E-state index contributed by atoms with van der Waals surface area (Å²) in [5.74, 6) is -1.72. The first-order valence-electron chi connectivity index (χ1n) is 8.11. The number of hydrogen-bond acceptors (Lipinski definition) is 7. The molecule has 0 saturated heterocycles. The number of carbonyl (C=O) groups is 3. The minimum atomic E-state index is -1.31. The van der Waals surface area contributed by atoms with Crippen molar-refractivity contribution in [3.05, 3.63) is 59.2 Å². The Kier molecular flexibility index (Phi) is 5.27. The van der Waals surface area contributed by atoms with Crippen molar-refractivity contribution in [3.8, 4) is 17.5 Å². The number of nitrogens with two attached hydrogens (primary N) is 1. The topological polar surface area (TPSA) is 188 Å². The van der Waals surface area contributed by atoms with E-state index in [2.05, 4.69) is 25.5 Å². The zero-order chi connectivity index (χ0) is 21.0. The number of amides is 2. The summed E-state index contributed by atoms with van der Waals surface area (Å²) in [6, 6.07) is 6.68. The van der Waals surface area contributed by atoms with Crippen LogP contribution in [0.2, 0.25) is 0 Å². The molecule has 29 heavy (non-hydrogen) atoms. The maximum Gasteiger partial charge on any atom is 0.339 e. The normalized spacial score (nSPS) is 10.2. The summed E-state index contributed by atoms with van der Waals surface area (Å²) in [7, 11) is 0. The molecule has 2 amide bonds. The van der Waals surface area contributed by atoms with Crippen LogP contribution in [0.15, 0.2) is 36.7 Å². The summed E-state index contributed by atoms with van der Waals surface area (Å²) < 4.78 is 0. The van der Waals surface area contributed by atoms with Gasteiger partial charge in [0.25, 0.3) is 0 Å². The number of anilines is 1. The molecule has 0 aliphatic rings. The first-order valence-corrected chi connectivity index (χ1v) is 8.11. The van der Waals surface area contributed by atoms with Gasteiger partial charge in [0.15, 0.2) is 5.78 Å². The number of nitrogens with one attached hydrogen (secondary N) is 2. The van der Waals surface area contributed by atoms with Gasteiger partial charge in [-0.05, 0) is 24.3 Å². The van der Waals surface area contributed by atoms with Gasteiger partial charge in [0.2, 0.25) is 0 Å². The minimum Gasteiger partial charge on any atom is -0.478 e. The Morgan fingerprint density at radius 2 is 1.97 bits per heavy atom. The number of pyridine rings is 2. The van der Waals surface area contributed by atoms with Gasteiger partial charge in [0.1, 0.15) is 23.0 Å². The van der Waals surface area contributed by atoms with Gasteiger partial charge in [0, 0.05) is 23.6 Å². The zero-order valence-corrected chi connectivity index (χ0v) is 14.7. The Morgan fingerprint density at radius 3 is 2.66 bits per heavy atom. The van der Waals surface area contributed by atoms with Crippen molar-refractivity contribution in [2.45, 2.75) is 6.42 Å². The fourth-order valence-corrected chi connectivity index (χ4v) is 2.63. The average molecular weight is 391 g/mol. The monoisotopic (exact) mass is 391 g/mol. The zero-order valence-electron chi connectivity index (χ0n) is 14.7. The molecule has 0 aromatic carbocycles. The molecular formula is C18H13N7O4. The van der Waals surface area contributed by atoms with Crippen LogP contribution in [-0.4, -0.2) is 43.1 Å². The third-order valence-electron chi connectivity index (χ3n) is 3.86. The van der Waals surface area contributed by atoms with E-state index in [1.165, 1.54) is 36.7 Å². The first kappa shape index (κ1) is 19.2. The van der Waals surface area contributed by atoms with E-state index >= 15 is 0 Å². The van der Waals surface area contributed by atoms with Crippen LogP contribution in [0.1, 0.15) is 32.1 Å². The largest absolute Gasteiger partial charge is 0.478 e. The number of carboxylic acid groups (broad SMARTS) is 1. The van der Waals surface area contributed by atoms with Crippen LogP contribution >= 0.6 is 0 Å². The Labute approximate surface area is 163 Å². The van der Waals surface area contributed by atoms with E-state index in [9.17, 15) is 19.5 Å². The molecule has 0 atom stereocenters. The molecule has 3 rings (SSSR count). The minimum absolute atomic E-state index is 0.000799. The molecule has 0 spiro atoms. The van der Waals surface area contributed by atoms with Crippen LogP contribution in [0.5, 0.6) is 0 Å². The van der Waals surface area contributed by atoms with Gasteiger partial charge in [-0.2, -0.15) is 10.4 Å². The van der Waals surface area contributed by atoms with Crippen molar-refractivity contribution in [1.82, 2.24) is 20.2 Å². The molecule has 11 nitrogen and oxygen atoms in total. The quantitative estimate of drug-likeness (QED) is 0.453. The van der Waals surface area contributed by atoms with Gasteiger partial charge in [0.05, 0.1) is 17.8 Å². The van der Waals surface area contributed by atoms with E-state index in [-0.39, 0.29) is 40.3 Å². The number of nitriles is 1. The smallest absolute Gasteiger partial charge is 0.339 e. The summed E-state index contributed by atoms with van der Waals surface area (Å²) >= 11 is 0. The fraction of sp³-hybridized carbons (Fsp3) is 0.0556. The van der Waals surface area contributed by atoms with Crippen molar-refractivity contribution in [2.75, 3.05) is 5.32 Å². The molecule has 0 bridgehead atoms. The third kappa shape index (κ3) is 4.22. The van der Waals surface area contributed by atoms with Gasteiger partial charge in [-0.25, -0.2) is 14.6 Å². The number of rotatable bonds is 6. The van der Waals surface area contributed by atoms with Gasteiger partial charge in [-0.3, -0.25) is 14.9 Å². The van der Waals surface area contributed by atoms with Gasteiger partial charge >= 0.3 is 12.0 Å². The lowest BCUT2D eigenvalue weighted by molar-refractivity contribution is 0.0696. The van der Waals surface area contributed by atoms with E-state index in [0.717, 1.165) is 0 Å². The van der Waals surface area contributed by atoms with Gasteiger partial charge in [-0.1, -0.05) is 0 Å². The lowest BCUT2D eigenvalue weighted by Gasteiger charge is -2.04. The molecule has 0 fully saturated rings. The van der Waals surface area contributed by atoms with Crippen LogP contribution in [0, 0.1) is 11.3 Å². The Balaban J connectivity index is 1.95. The molecule has 144 valence electrons. The molecule has 3 heterocycles. The summed E-state index contributed by atoms with van der Waals surface area (Å²) in [5.41, 5.74) is 5.69. The number of primary amides is 1. The van der Waals surface area contributed by atoms with Crippen LogP contribution in [-0.2, 0) is 6.42 Å². The second-order valence-corrected chi connectivity index (χ2v) is 5.79. The second-order valence-electron chi connectivity index (χ2n) is 5.79. The fourth-order valence-electron chi connectivity index (χ4n) is 2.63. The second kappa shape index (κ2) is 7.97. The highest BCUT2D eigenvalue weighted by molar-refractivity contribution is 6.01. The summed E-state index contributed by atoms with van der Waals surface area (Å²) in [6.45, 7) is 0. The van der Waals surface area contributed by atoms with Gasteiger partial charge < -0.3 is 16.2 Å². The van der Waals surface area contributed by atoms with Crippen molar-refractivity contribution in [1.29, 1.82) is 5.26 Å². The lowest BCUT2D eigenvalue weighted by atomic mass is 10.0. The number of aromatic carboxylic acids is 1. The number of aromatic amines is 1. The SMILES string of the molecule is N#Cc1cc(C(=O)Cc2[nH]nc(-c3cc(NC(N)=O)ccn3)c2C(=O)O)ccn1. The number of hydrogen-bond donors (Lipinski definition) is 4. The van der Waals surface area contributed by atoms with E-state index in [4.69, 9.17) is 11.0 Å². The standard InChI is InChI=1S/C18H13N7O4/c19-8-11-5-9(1-3-21-11)14(26)7-12-15(17(27)28)16(25-24-12)13-6-10(2-4-22-13)23-18(20)29/h1-6H,7H2,(H,24,25)(H,27,28)(H3,20,22,23,29). The van der Waals surface area contributed by atoms with E-state index < -0.39 is 17.8 Å². The highest BCUT2D eigenvalue weighted by Crippen LogP contribution is 2.25. The maximum absolute atomic E-state index is 12.5. The number of nitrogens with zero attached hydrogens (tertiary/aromatic N) is 4. The first-order chi connectivity index (χ1) is 13.9. The number of carboxylic acids is 1. The Hall–Kier alpha value is -4.59. The summed E-state index contributed by atoms with van der Waals surface area (Å²) in [6.07, 6.45) is 2.39. The van der Waals surface area contributed by atoms with Crippen LogP contribution in [0.3, 0.4) is 0 Å². The Bertz CT molecular complexity index is 1160. The van der Waals surface area contributed by atoms with E-state index in [0.29, 0.717) is 5.69 Å². The van der Waals surface area contributed by atoms with Crippen molar-refractivity contribution in [2.24, 2.45) is 5.73 Å². The highest BCUT2D eigenvalue weighted by Gasteiger charge is 2.24. The predicted molar refractivity (Wildman–Crippen MR) is 99.0 cm³/mol. The molecule has 3 aromatic heterocycles. The van der Waals surface area contributed by atoms with E-state index in [1.54, 1.807) is 0 Å². The van der Waals surface area contributed by atoms with Crippen molar-refractivity contribution in [3.63, 3.8) is 0 Å². The molecule has 0 unspecified atom stereocenters. The van der Waals surface area contributed by atoms with Crippen LogP contribution in [0.4, 0.5) is 10.5 Å². The molecule has 3 aromatic rings.